The van der Waals surface area contributed by atoms with Crippen molar-refractivity contribution in [1.82, 2.24) is 14.9 Å². The molecular formula is C24H23N3O5. The molecular weight excluding hydrogens is 410 g/mol. The average Bonchev–Trinajstić information content (AvgIpc) is 3.26. The lowest BCUT2D eigenvalue weighted by Gasteiger charge is -2.39. The number of benzene rings is 1. The van der Waals surface area contributed by atoms with Gasteiger partial charge in [0.05, 0.1) is 20.3 Å². The number of esters is 1. The minimum Gasteiger partial charge on any atom is -0.481 e. The van der Waals surface area contributed by atoms with Gasteiger partial charge in [-0.15, -0.1) is 0 Å². The molecule has 8 heteroatoms. The summed E-state index contributed by atoms with van der Waals surface area (Å²) in [4.78, 5) is 23.7. The maximum Gasteiger partial charge on any atom is 0.326 e. The summed E-state index contributed by atoms with van der Waals surface area (Å²) in [5.74, 6) is 0.687. The van der Waals surface area contributed by atoms with E-state index < -0.39 is 18.4 Å². The Labute approximate surface area is 185 Å². The Morgan fingerprint density at radius 3 is 2.12 bits per heavy atom. The highest BCUT2D eigenvalue weighted by atomic mass is 16.6. The molecule has 0 amide bonds. The van der Waals surface area contributed by atoms with Gasteiger partial charge in [0.2, 0.25) is 11.8 Å². The van der Waals surface area contributed by atoms with Crippen LogP contribution >= 0.6 is 0 Å². The van der Waals surface area contributed by atoms with Crippen molar-refractivity contribution in [3.63, 3.8) is 0 Å². The van der Waals surface area contributed by atoms with Gasteiger partial charge >= 0.3 is 5.97 Å². The zero-order valence-corrected chi connectivity index (χ0v) is 17.8. The monoisotopic (exact) mass is 433 g/mol. The second kappa shape index (κ2) is 8.57. The van der Waals surface area contributed by atoms with Gasteiger partial charge in [0, 0.05) is 35.7 Å². The first-order chi connectivity index (χ1) is 15.7. The predicted octanol–water partition coefficient (Wildman–Crippen LogP) is 3.23. The molecule has 2 aliphatic heterocycles. The lowest BCUT2D eigenvalue weighted by atomic mass is 9.97. The van der Waals surface area contributed by atoms with E-state index in [9.17, 15) is 4.79 Å². The first-order valence-electron chi connectivity index (χ1n) is 10.3. The van der Waals surface area contributed by atoms with Gasteiger partial charge < -0.3 is 18.9 Å². The van der Waals surface area contributed by atoms with Crippen molar-refractivity contribution in [2.75, 3.05) is 20.8 Å². The molecule has 1 aromatic carbocycles. The lowest BCUT2D eigenvalue weighted by molar-refractivity contribution is -0.163. The SMILES string of the molecule is COc1ccc([C@H]2O[C@@H](c3ccc(OC)nc3)N3C2C(=O)OC[C@@H]3c2ccccc2)cn1. The zero-order valence-electron chi connectivity index (χ0n) is 17.8. The minimum atomic E-state index is -0.628. The molecule has 0 N–H and O–H groups in total. The number of nitrogens with zero attached hydrogens (tertiary/aromatic N) is 3. The van der Waals surface area contributed by atoms with E-state index in [2.05, 4.69) is 14.9 Å². The number of ether oxygens (including phenoxy) is 4. The number of carbonyl (C=O) groups is 1. The summed E-state index contributed by atoms with van der Waals surface area (Å²) in [7, 11) is 3.13. The third kappa shape index (κ3) is 3.57. The van der Waals surface area contributed by atoms with Crippen molar-refractivity contribution in [1.29, 1.82) is 0 Å². The highest BCUT2D eigenvalue weighted by Gasteiger charge is 2.54. The number of cyclic esters (lactones) is 1. The molecule has 0 aliphatic carbocycles. The molecule has 2 aliphatic rings. The van der Waals surface area contributed by atoms with Crippen LogP contribution in [0.15, 0.2) is 67.0 Å². The molecule has 3 aromatic rings. The molecule has 164 valence electrons. The van der Waals surface area contributed by atoms with E-state index in [0.717, 1.165) is 16.7 Å². The molecule has 0 spiro atoms. The number of morpholine rings is 1. The molecule has 0 radical (unpaired) electrons. The second-order valence-electron chi connectivity index (χ2n) is 7.63. The number of carbonyl (C=O) groups excluding carboxylic acids is 1. The number of hydrogen-bond acceptors (Lipinski definition) is 8. The summed E-state index contributed by atoms with van der Waals surface area (Å²) in [6.45, 7) is 0.246. The van der Waals surface area contributed by atoms with Crippen LogP contribution in [0.4, 0.5) is 0 Å². The number of rotatable bonds is 5. The van der Waals surface area contributed by atoms with E-state index in [1.54, 1.807) is 38.7 Å². The Hall–Kier alpha value is -3.49. The van der Waals surface area contributed by atoms with Gasteiger partial charge in [-0.3, -0.25) is 4.79 Å². The fourth-order valence-electron chi connectivity index (χ4n) is 4.32. The van der Waals surface area contributed by atoms with E-state index in [4.69, 9.17) is 18.9 Å². The molecule has 4 atom stereocenters. The summed E-state index contributed by atoms with van der Waals surface area (Å²) in [5, 5.41) is 0. The van der Waals surface area contributed by atoms with E-state index in [1.807, 2.05) is 42.5 Å². The van der Waals surface area contributed by atoms with Gasteiger partial charge in [-0.2, -0.15) is 0 Å². The summed E-state index contributed by atoms with van der Waals surface area (Å²) in [6.07, 6.45) is 2.34. The summed E-state index contributed by atoms with van der Waals surface area (Å²) in [6, 6.07) is 16.5. The van der Waals surface area contributed by atoms with Crippen LogP contribution in [0.1, 0.15) is 35.1 Å². The van der Waals surface area contributed by atoms with Crippen molar-refractivity contribution in [3.8, 4) is 11.8 Å². The number of aromatic nitrogens is 2. The van der Waals surface area contributed by atoms with Crippen LogP contribution in [0.3, 0.4) is 0 Å². The normalized spacial score (nSPS) is 25.1. The molecule has 0 saturated carbocycles. The predicted molar refractivity (Wildman–Crippen MR) is 114 cm³/mol. The summed E-state index contributed by atoms with van der Waals surface area (Å²) in [5.41, 5.74) is 2.65. The van der Waals surface area contributed by atoms with Gasteiger partial charge in [-0.25, -0.2) is 14.9 Å². The first-order valence-corrected chi connectivity index (χ1v) is 10.3. The van der Waals surface area contributed by atoms with Crippen LogP contribution in [-0.2, 0) is 14.3 Å². The highest BCUT2D eigenvalue weighted by molar-refractivity contribution is 5.78. The van der Waals surface area contributed by atoms with Crippen molar-refractivity contribution in [2.45, 2.75) is 24.4 Å². The quantitative estimate of drug-likeness (QED) is 0.567. The molecule has 32 heavy (non-hydrogen) atoms. The first kappa shape index (κ1) is 20.4. The molecule has 1 unspecified atom stereocenters. The van der Waals surface area contributed by atoms with Crippen molar-refractivity contribution >= 4 is 5.97 Å². The van der Waals surface area contributed by atoms with Crippen LogP contribution in [-0.4, -0.2) is 47.7 Å². The molecule has 8 nitrogen and oxygen atoms in total. The van der Waals surface area contributed by atoms with Crippen LogP contribution in [0.5, 0.6) is 11.8 Å². The molecule has 0 bridgehead atoms. The zero-order chi connectivity index (χ0) is 22.1. The van der Waals surface area contributed by atoms with Gasteiger partial charge in [-0.05, 0) is 17.7 Å². The van der Waals surface area contributed by atoms with Gasteiger partial charge in [0.25, 0.3) is 0 Å². The highest BCUT2D eigenvalue weighted by Crippen LogP contribution is 2.49. The van der Waals surface area contributed by atoms with Crippen LogP contribution in [0.25, 0.3) is 0 Å². The van der Waals surface area contributed by atoms with Gasteiger partial charge in [-0.1, -0.05) is 30.3 Å². The van der Waals surface area contributed by atoms with Crippen LogP contribution in [0, 0.1) is 0 Å². The van der Waals surface area contributed by atoms with E-state index >= 15 is 0 Å². The van der Waals surface area contributed by atoms with Crippen LogP contribution < -0.4 is 9.47 Å². The number of methoxy groups -OCH3 is 2. The lowest BCUT2D eigenvalue weighted by Crippen LogP contribution is -2.49. The largest absolute Gasteiger partial charge is 0.481 e. The third-order valence-electron chi connectivity index (χ3n) is 5.87. The second-order valence-corrected chi connectivity index (χ2v) is 7.63. The smallest absolute Gasteiger partial charge is 0.326 e. The van der Waals surface area contributed by atoms with Crippen LogP contribution in [0.2, 0.25) is 0 Å². The van der Waals surface area contributed by atoms with E-state index in [0.29, 0.717) is 11.8 Å². The van der Waals surface area contributed by atoms with Crippen molar-refractivity contribution in [3.05, 3.63) is 83.7 Å². The van der Waals surface area contributed by atoms with Gasteiger partial charge in [0.15, 0.2) is 0 Å². The molecule has 2 saturated heterocycles. The molecule has 2 fully saturated rings. The Morgan fingerprint density at radius 1 is 0.875 bits per heavy atom. The average molecular weight is 433 g/mol. The van der Waals surface area contributed by atoms with E-state index in [-0.39, 0.29) is 18.6 Å². The molecule has 5 rings (SSSR count). The van der Waals surface area contributed by atoms with Gasteiger partial charge in [0.1, 0.15) is 25.0 Å². The fraction of sp³-hybridized carbons (Fsp3) is 0.292. The minimum absolute atomic E-state index is 0.165. The fourth-order valence-corrected chi connectivity index (χ4v) is 4.32. The Kier molecular flexibility index (Phi) is 5.46. The molecule has 4 heterocycles. The maximum atomic E-state index is 13.0. The molecule has 2 aromatic heterocycles. The summed E-state index contributed by atoms with van der Waals surface area (Å²) < 4.78 is 22.5. The number of fused-ring (bicyclic) bond motifs is 1. The van der Waals surface area contributed by atoms with Crippen molar-refractivity contribution in [2.24, 2.45) is 0 Å². The third-order valence-corrected chi connectivity index (χ3v) is 5.87. The Bertz CT molecular complexity index is 1080. The maximum absolute atomic E-state index is 13.0. The Balaban J connectivity index is 1.58. The van der Waals surface area contributed by atoms with Crippen molar-refractivity contribution < 1.29 is 23.7 Å². The van der Waals surface area contributed by atoms with E-state index in [1.165, 1.54) is 0 Å². The summed E-state index contributed by atoms with van der Waals surface area (Å²) >= 11 is 0. The number of hydrogen-bond donors (Lipinski definition) is 0. The standard InChI is InChI=1S/C24H23N3O5/c1-29-19-10-8-16(12-25-19)22-21-24(28)31-14-18(15-6-4-3-5-7-15)27(21)23(32-22)17-9-11-20(30-2)26-13-17/h3-13,18,21-23H,14H2,1-2H3/t18-,21?,22-,23+/m1/s1. The number of pyridine rings is 2. The Morgan fingerprint density at radius 2 is 1.53 bits per heavy atom. The topological polar surface area (TPSA) is 83.0 Å².